The lowest BCUT2D eigenvalue weighted by molar-refractivity contribution is -0.911. The topological polar surface area (TPSA) is 243 Å². The first-order valence-corrected chi connectivity index (χ1v) is 13.7. The summed E-state index contributed by atoms with van der Waals surface area (Å²) in [4.78, 5) is 75.0. The summed E-state index contributed by atoms with van der Waals surface area (Å²) < 4.78 is 10.6. The SMILES string of the molecule is CC(C)(C)OC(=O)CNCC[N+](CCN(CCN(CC(N)=O)CC(N)=O)CC(=O)OC(C)(C)C)(CC(N)=O)CC(N)=O. The zero-order valence-electron chi connectivity index (χ0n) is 25.9. The molecule has 0 aliphatic carbocycles. The van der Waals surface area contributed by atoms with Crippen molar-refractivity contribution in [3.8, 4) is 0 Å². The van der Waals surface area contributed by atoms with Gasteiger partial charge < -0.3 is 42.2 Å². The predicted molar refractivity (Wildman–Crippen MR) is 154 cm³/mol. The number of primary amides is 4. The van der Waals surface area contributed by atoms with Crippen molar-refractivity contribution >= 4 is 35.6 Å². The van der Waals surface area contributed by atoms with E-state index < -0.39 is 46.8 Å². The Labute approximate surface area is 247 Å². The summed E-state index contributed by atoms with van der Waals surface area (Å²) in [6, 6.07) is 0. The zero-order valence-corrected chi connectivity index (χ0v) is 25.9. The highest BCUT2D eigenvalue weighted by atomic mass is 16.6. The number of carbonyl (C=O) groups excluding carboxylic acids is 6. The van der Waals surface area contributed by atoms with Crippen molar-refractivity contribution in [2.75, 3.05) is 78.5 Å². The molecule has 0 spiro atoms. The number of hydrogen-bond donors (Lipinski definition) is 5. The van der Waals surface area contributed by atoms with Gasteiger partial charge in [-0.05, 0) is 41.5 Å². The van der Waals surface area contributed by atoms with Crippen molar-refractivity contribution in [3.05, 3.63) is 0 Å². The summed E-state index contributed by atoms with van der Waals surface area (Å²) in [5, 5.41) is 2.96. The molecule has 9 N–H and O–H groups in total. The average molecular weight is 604 g/mol. The molecule has 16 heteroatoms. The van der Waals surface area contributed by atoms with Crippen molar-refractivity contribution < 1.29 is 42.7 Å². The lowest BCUT2D eigenvalue weighted by Gasteiger charge is -2.38. The maximum Gasteiger partial charge on any atom is 0.320 e. The number of quaternary nitrogens is 1. The molecule has 0 fully saturated rings. The summed E-state index contributed by atoms with van der Waals surface area (Å²) >= 11 is 0. The van der Waals surface area contributed by atoms with Crippen LogP contribution < -0.4 is 28.3 Å². The smallest absolute Gasteiger partial charge is 0.320 e. The average Bonchev–Trinajstić information content (AvgIpc) is 2.74. The van der Waals surface area contributed by atoms with E-state index in [1.807, 2.05) is 0 Å². The molecule has 0 aromatic rings. The summed E-state index contributed by atoms with van der Waals surface area (Å²) in [6.07, 6.45) is 0. The minimum absolute atomic E-state index is 0.0925. The number of esters is 2. The molecule has 0 bridgehead atoms. The molecular weight excluding hydrogens is 552 g/mol. The molecule has 0 heterocycles. The van der Waals surface area contributed by atoms with Crippen LogP contribution in [0.1, 0.15) is 41.5 Å². The van der Waals surface area contributed by atoms with E-state index in [1.165, 1.54) is 4.90 Å². The van der Waals surface area contributed by atoms with Gasteiger partial charge in [0.15, 0.2) is 13.1 Å². The Hall–Kier alpha value is -3.34. The third-order valence-corrected chi connectivity index (χ3v) is 5.59. The van der Waals surface area contributed by atoms with Crippen molar-refractivity contribution in [2.24, 2.45) is 22.9 Å². The Morgan fingerprint density at radius 2 is 1.07 bits per heavy atom. The van der Waals surface area contributed by atoms with Gasteiger partial charge in [-0.3, -0.25) is 38.6 Å². The molecule has 0 aliphatic rings. The van der Waals surface area contributed by atoms with Crippen LogP contribution in [0.5, 0.6) is 0 Å². The van der Waals surface area contributed by atoms with Gasteiger partial charge in [-0.2, -0.15) is 0 Å². The molecule has 0 rings (SSSR count). The molecule has 16 nitrogen and oxygen atoms in total. The van der Waals surface area contributed by atoms with Gasteiger partial charge in [-0.25, -0.2) is 0 Å². The largest absolute Gasteiger partial charge is 0.459 e. The summed E-state index contributed by atoms with van der Waals surface area (Å²) in [5.74, 6) is -3.65. The maximum absolute atomic E-state index is 12.7. The minimum Gasteiger partial charge on any atom is -0.459 e. The van der Waals surface area contributed by atoms with E-state index in [0.29, 0.717) is 0 Å². The predicted octanol–water partition coefficient (Wildman–Crippen LogP) is -3.38. The van der Waals surface area contributed by atoms with Crippen LogP contribution in [0, 0.1) is 0 Å². The van der Waals surface area contributed by atoms with E-state index in [1.54, 1.807) is 46.4 Å². The molecule has 0 aromatic heterocycles. The van der Waals surface area contributed by atoms with E-state index in [4.69, 9.17) is 32.4 Å². The fraction of sp³-hybridized carbons (Fsp3) is 0.769. The lowest BCUT2D eigenvalue weighted by Crippen LogP contribution is -2.61. The molecular formula is C26H51N8O8+. The fourth-order valence-corrected chi connectivity index (χ4v) is 4.15. The Bertz CT molecular complexity index is 914. The second-order valence-electron chi connectivity index (χ2n) is 12.3. The normalized spacial score (nSPS) is 12.3. The molecule has 0 saturated heterocycles. The van der Waals surface area contributed by atoms with Crippen LogP contribution in [0.2, 0.25) is 0 Å². The number of nitrogens with zero attached hydrogens (tertiary/aromatic N) is 3. The van der Waals surface area contributed by atoms with Gasteiger partial charge in [0.05, 0.1) is 39.3 Å². The van der Waals surface area contributed by atoms with Crippen LogP contribution in [-0.2, 0) is 38.2 Å². The summed E-state index contributed by atoms with van der Waals surface area (Å²) in [5.41, 5.74) is 20.3. The highest BCUT2D eigenvalue weighted by molar-refractivity contribution is 5.79. The number of amides is 4. The van der Waals surface area contributed by atoms with E-state index in [9.17, 15) is 28.8 Å². The molecule has 0 saturated carbocycles. The Balaban J connectivity index is 5.83. The highest BCUT2D eigenvalue weighted by Crippen LogP contribution is 2.11. The quantitative estimate of drug-likeness (QED) is 0.0492. The van der Waals surface area contributed by atoms with Gasteiger partial charge in [0, 0.05) is 26.2 Å². The summed E-state index contributed by atoms with van der Waals surface area (Å²) in [7, 11) is 0. The Morgan fingerprint density at radius 3 is 1.50 bits per heavy atom. The lowest BCUT2D eigenvalue weighted by atomic mass is 10.2. The van der Waals surface area contributed by atoms with Crippen LogP contribution in [0.4, 0.5) is 0 Å². The number of nitrogens with two attached hydrogens (primary N) is 4. The second kappa shape index (κ2) is 17.6. The van der Waals surface area contributed by atoms with Crippen LogP contribution in [0.15, 0.2) is 0 Å². The Morgan fingerprint density at radius 1 is 0.619 bits per heavy atom. The van der Waals surface area contributed by atoms with Crippen molar-refractivity contribution in [1.82, 2.24) is 15.1 Å². The standard InChI is InChI=1S/C26H50N8O8/c1-25(2,3)41-23(39)13-31-7-11-34(17-21(29)37,18-22(30)38)12-10-32(16-24(40)42-26(4,5)6)8-9-33(14-19(27)35)15-20(28)36/h31H,7-18H2,1-6H3,(H7-,27,28,29,30,35,36,37,38)/p+1. The summed E-state index contributed by atoms with van der Waals surface area (Å²) in [6.45, 7) is 10.3. The van der Waals surface area contributed by atoms with E-state index in [2.05, 4.69) is 5.32 Å². The molecule has 0 aromatic carbocycles. The van der Waals surface area contributed by atoms with E-state index >= 15 is 0 Å². The first kappa shape index (κ1) is 38.7. The van der Waals surface area contributed by atoms with Gasteiger partial charge in [-0.15, -0.1) is 0 Å². The first-order valence-electron chi connectivity index (χ1n) is 13.7. The molecule has 0 radical (unpaired) electrons. The molecule has 0 atom stereocenters. The number of rotatable bonds is 21. The van der Waals surface area contributed by atoms with Gasteiger partial charge in [0.2, 0.25) is 11.8 Å². The van der Waals surface area contributed by atoms with Crippen molar-refractivity contribution in [2.45, 2.75) is 52.7 Å². The van der Waals surface area contributed by atoms with Crippen LogP contribution >= 0.6 is 0 Å². The van der Waals surface area contributed by atoms with Crippen LogP contribution in [-0.4, -0.2) is 140 Å². The minimum atomic E-state index is -0.746. The van der Waals surface area contributed by atoms with E-state index in [0.717, 1.165) is 0 Å². The molecule has 0 aliphatic heterocycles. The van der Waals surface area contributed by atoms with Crippen molar-refractivity contribution in [3.63, 3.8) is 0 Å². The van der Waals surface area contributed by atoms with Gasteiger partial charge in [-0.1, -0.05) is 0 Å². The number of ether oxygens (including phenoxy) is 2. The van der Waals surface area contributed by atoms with Crippen molar-refractivity contribution in [1.29, 1.82) is 0 Å². The third-order valence-electron chi connectivity index (χ3n) is 5.59. The number of carbonyl (C=O) groups is 6. The molecule has 4 amide bonds. The van der Waals surface area contributed by atoms with E-state index in [-0.39, 0.29) is 83.0 Å². The highest BCUT2D eigenvalue weighted by Gasteiger charge is 2.33. The zero-order chi connectivity index (χ0) is 32.7. The van der Waals surface area contributed by atoms with Gasteiger partial charge >= 0.3 is 11.9 Å². The number of nitrogens with one attached hydrogen (secondary N) is 1. The van der Waals surface area contributed by atoms with Crippen LogP contribution in [0.25, 0.3) is 0 Å². The third kappa shape index (κ3) is 20.5. The number of hydrogen-bond acceptors (Lipinski definition) is 11. The molecule has 42 heavy (non-hydrogen) atoms. The second-order valence-corrected chi connectivity index (χ2v) is 12.3. The van der Waals surface area contributed by atoms with Gasteiger partial charge in [0.25, 0.3) is 11.8 Å². The molecule has 0 unspecified atom stereocenters. The Kier molecular flexibility index (Phi) is 16.2. The monoisotopic (exact) mass is 603 g/mol. The fourth-order valence-electron chi connectivity index (χ4n) is 4.15. The van der Waals surface area contributed by atoms with Gasteiger partial charge in [0.1, 0.15) is 11.2 Å². The van der Waals surface area contributed by atoms with Crippen LogP contribution in [0.3, 0.4) is 0 Å². The molecule has 242 valence electrons. The first-order chi connectivity index (χ1) is 19.1. The maximum atomic E-state index is 12.7.